The summed E-state index contributed by atoms with van der Waals surface area (Å²) in [5.41, 5.74) is 2.24. The molecule has 2 aromatic carbocycles. The van der Waals surface area contributed by atoms with Crippen molar-refractivity contribution in [1.82, 2.24) is 20.1 Å². The lowest BCUT2D eigenvalue weighted by Gasteiger charge is -2.21. The van der Waals surface area contributed by atoms with E-state index in [4.69, 9.17) is 4.42 Å². The van der Waals surface area contributed by atoms with Crippen LogP contribution in [0.1, 0.15) is 43.9 Å². The van der Waals surface area contributed by atoms with Crippen LogP contribution in [0, 0.1) is 0 Å². The van der Waals surface area contributed by atoms with Gasteiger partial charge in [-0.25, -0.2) is 0 Å². The Morgan fingerprint density at radius 3 is 2.42 bits per heavy atom. The lowest BCUT2D eigenvalue weighted by Crippen LogP contribution is -2.34. The highest BCUT2D eigenvalue weighted by atomic mass is 32.2. The summed E-state index contributed by atoms with van der Waals surface area (Å²) in [5, 5.41) is 12.3. The van der Waals surface area contributed by atoms with Crippen molar-refractivity contribution in [2.75, 3.05) is 0 Å². The number of benzene rings is 2. The third-order valence-electron chi connectivity index (χ3n) is 5.39. The van der Waals surface area contributed by atoms with E-state index in [0.717, 1.165) is 24.0 Å². The number of nitrogens with zero attached hydrogens (tertiary/aromatic N) is 3. The molecule has 2 heterocycles. The van der Waals surface area contributed by atoms with Crippen molar-refractivity contribution >= 4 is 17.7 Å². The highest BCUT2D eigenvalue weighted by molar-refractivity contribution is 8.00. The minimum atomic E-state index is -0.337. The zero-order valence-corrected chi connectivity index (χ0v) is 19.7. The molecule has 2 atom stereocenters. The maximum absolute atomic E-state index is 13.1. The normalized spacial score (nSPS) is 12.9. The number of amides is 1. The molecule has 0 fully saturated rings. The monoisotopic (exact) mass is 460 g/mol. The first-order chi connectivity index (χ1) is 16.2. The summed E-state index contributed by atoms with van der Waals surface area (Å²) >= 11 is 1.41. The Bertz CT molecular complexity index is 1140. The molecule has 1 N–H and O–H groups in total. The molecule has 0 bridgehead atoms. The van der Waals surface area contributed by atoms with Crippen LogP contribution < -0.4 is 5.32 Å². The van der Waals surface area contributed by atoms with Gasteiger partial charge in [-0.15, -0.1) is 10.2 Å². The van der Waals surface area contributed by atoms with Crippen molar-refractivity contribution in [1.29, 1.82) is 0 Å². The van der Waals surface area contributed by atoms with E-state index in [1.807, 2.05) is 60.0 Å². The maximum atomic E-state index is 13.1. The van der Waals surface area contributed by atoms with Gasteiger partial charge in [-0.1, -0.05) is 85.8 Å². The Balaban J connectivity index is 1.53. The molecule has 2 unspecified atom stereocenters. The molecule has 4 rings (SSSR count). The quantitative estimate of drug-likeness (QED) is 0.306. The molecule has 0 saturated heterocycles. The van der Waals surface area contributed by atoms with E-state index in [0.29, 0.717) is 23.3 Å². The topological polar surface area (TPSA) is 73.0 Å². The van der Waals surface area contributed by atoms with Gasteiger partial charge in [-0.05, 0) is 36.6 Å². The largest absolute Gasteiger partial charge is 0.461 e. The summed E-state index contributed by atoms with van der Waals surface area (Å²) < 4.78 is 7.58. The second-order valence-electron chi connectivity index (χ2n) is 7.88. The number of thioether (sulfide) groups is 1. The van der Waals surface area contributed by atoms with Gasteiger partial charge in [-0.2, -0.15) is 0 Å². The van der Waals surface area contributed by atoms with E-state index >= 15 is 0 Å². The number of carbonyl (C=O) groups is 1. The fourth-order valence-electron chi connectivity index (χ4n) is 3.67. The smallest absolute Gasteiger partial charge is 0.233 e. The van der Waals surface area contributed by atoms with Crippen molar-refractivity contribution in [3.05, 3.63) is 90.2 Å². The van der Waals surface area contributed by atoms with Crippen LogP contribution >= 0.6 is 11.8 Å². The Morgan fingerprint density at radius 2 is 1.76 bits per heavy atom. The third-order valence-corrected chi connectivity index (χ3v) is 6.47. The fourth-order valence-corrected chi connectivity index (χ4v) is 4.53. The first-order valence-corrected chi connectivity index (χ1v) is 12.1. The van der Waals surface area contributed by atoms with Crippen molar-refractivity contribution in [3.63, 3.8) is 0 Å². The zero-order valence-electron chi connectivity index (χ0n) is 18.8. The molecule has 0 aliphatic rings. The van der Waals surface area contributed by atoms with Crippen LogP contribution in [-0.4, -0.2) is 25.9 Å². The van der Waals surface area contributed by atoms with E-state index in [1.54, 1.807) is 6.26 Å². The molecule has 2 aromatic heterocycles. The minimum Gasteiger partial charge on any atom is -0.461 e. The number of carbonyl (C=O) groups excluding carboxylic acids is 1. The van der Waals surface area contributed by atoms with Gasteiger partial charge >= 0.3 is 0 Å². The van der Waals surface area contributed by atoms with E-state index in [2.05, 4.69) is 46.7 Å². The van der Waals surface area contributed by atoms with Crippen LogP contribution in [-0.2, 0) is 11.3 Å². The average molecular weight is 461 g/mol. The third kappa shape index (κ3) is 5.73. The highest BCUT2D eigenvalue weighted by Gasteiger charge is 2.24. The van der Waals surface area contributed by atoms with Crippen LogP contribution in [0.2, 0.25) is 0 Å². The lowest BCUT2D eigenvalue weighted by atomic mass is 10.0. The van der Waals surface area contributed by atoms with Gasteiger partial charge in [0.1, 0.15) is 0 Å². The van der Waals surface area contributed by atoms with Crippen LogP contribution in [0.4, 0.5) is 0 Å². The van der Waals surface area contributed by atoms with Crippen LogP contribution in [0.3, 0.4) is 0 Å². The van der Waals surface area contributed by atoms with E-state index < -0.39 is 0 Å². The summed E-state index contributed by atoms with van der Waals surface area (Å²) in [4.78, 5) is 13.1. The number of nitrogens with one attached hydrogen (secondary N) is 1. The summed E-state index contributed by atoms with van der Waals surface area (Å²) in [6.45, 7) is 4.62. The predicted molar refractivity (Wildman–Crippen MR) is 131 cm³/mol. The molecule has 7 heteroatoms. The highest BCUT2D eigenvalue weighted by Crippen LogP contribution is 2.29. The molecule has 4 aromatic rings. The Morgan fingerprint density at radius 1 is 1.03 bits per heavy atom. The minimum absolute atomic E-state index is 0.00683. The molecule has 0 radical (unpaired) electrons. The van der Waals surface area contributed by atoms with E-state index in [-0.39, 0.29) is 17.2 Å². The Kier molecular flexibility index (Phi) is 7.62. The van der Waals surface area contributed by atoms with Crippen molar-refractivity contribution < 1.29 is 9.21 Å². The van der Waals surface area contributed by atoms with Gasteiger partial charge in [-0.3, -0.25) is 9.36 Å². The molecule has 6 nitrogen and oxygen atoms in total. The van der Waals surface area contributed by atoms with Crippen molar-refractivity contribution in [2.45, 2.75) is 49.7 Å². The maximum Gasteiger partial charge on any atom is 0.233 e. The summed E-state index contributed by atoms with van der Waals surface area (Å²) in [7, 11) is 0. The van der Waals surface area contributed by atoms with E-state index in [9.17, 15) is 4.79 Å². The molecular formula is C26H28N4O2S. The summed E-state index contributed by atoms with van der Waals surface area (Å²) in [6, 6.07) is 23.9. The second kappa shape index (κ2) is 11.0. The van der Waals surface area contributed by atoms with Gasteiger partial charge < -0.3 is 9.73 Å². The van der Waals surface area contributed by atoms with Crippen LogP contribution in [0.25, 0.3) is 11.6 Å². The number of rotatable bonds is 10. The fraction of sp³-hybridized carbons (Fsp3) is 0.269. The lowest BCUT2D eigenvalue weighted by molar-refractivity contribution is -0.121. The van der Waals surface area contributed by atoms with Crippen LogP contribution in [0.5, 0.6) is 0 Å². The molecule has 0 aliphatic heterocycles. The molecule has 0 aliphatic carbocycles. The standard InChI is InChI=1S/C26H28N4O2S/c1-3-11-22(21-14-8-5-9-15-21)27-25(31)19(2)33-26-29-28-24(23-16-10-17-32-23)30(26)18-20-12-6-4-7-13-20/h4-10,12-17,19,22H,3,11,18H2,1-2H3,(H,27,31). The molecule has 33 heavy (non-hydrogen) atoms. The van der Waals surface area contributed by atoms with Gasteiger partial charge in [0, 0.05) is 0 Å². The summed E-state index contributed by atoms with van der Waals surface area (Å²) in [6.07, 6.45) is 3.50. The van der Waals surface area contributed by atoms with Gasteiger partial charge in [0.25, 0.3) is 0 Å². The van der Waals surface area contributed by atoms with Crippen molar-refractivity contribution in [2.24, 2.45) is 0 Å². The molecular weight excluding hydrogens is 432 g/mol. The first-order valence-electron chi connectivity index (χ1n) is 11.2. The number of hydrogen-bond acceptors (Lipinski definition) is 5. The van der Waals surface area contributed by atoms with Gasteiger partial charge in [0.05, 0.1) is 24.1 Å². The van der Waals surface area contributed by atoms with Gasteiger partial charge in [0.15, 0.2) is 10.9 Å². The molecule has 0 saturated carbocycles. The predicted octanol–water partition coefficient (Wildman–Crippen LogP) is 5.72. The van der Waals surface area contributed by atoms with E-state index in [1.165, 1.54) is 11.8 Å². The zero-order chi connectivity index (χ0) is 23.0. The Labute approximate surface area is 198 Å². The van der Waals surface area contributed by atoms with Crippen molar-refractivity contribution in [3.8, 4) is 11.6 Å². The summed E-state index contributed by atoms with van der Waals surface area (Å²) in [5.74, 6) is 1.28. The first kappa shape index (κ1) is 22.9. The second-order valence-corrected chi connectivity index (χ2v) is 9.18. The molecule has 0 spiro atoms. The number of aromatic nitrogens is 3. The Hall–Kier alpha value is -3.32. The average Bonchev–Trinajstić information content (AvgIpc) is 3.50. The number of furan rings is 1. The number of hydrogen-bond donors (Lipinski definition) is 1. The van der Waals surface area contributed by atoms with Crippen LogP contribution in [0.15, 0.2) is 88.6 Å². The molecule has 170 valence electrons. The van der Waals surface area contributed by atoms with Gasteiger partial charge in [0.2, 0.25) is 11.7 Å². The SMILES string of the molecule is CCCC(NC(=O)C(C)Sc1nnc(-c2ccco2)n1Cc1ccccc1)c1ccccc1. The molecule has 1 amide bonds.